The average Bonchev–Trinajstić information content (AvgIpc) is 2.28. The van der Waals surface area contributed by atoms with Gasteiger partial charge in [-0.05, 0) is 25.2 Å². The topological polar surface area (TPSA) is 21.3 Å². The maximum absolute atomic E-state index is 6.07. The highest BCUT2D eigenvalue weighted by Crippen LogP contribution is 2.30. The van der Waals surface area contributed by atoms with Gasteiger partial charge in [-0.1, -0.05) is 23.2 Å². The number of likely N-dealkylation sites (N-methyl/N-ethyl adjacent to an activating group) is 1. The van der Waals surface area contributed by atoms with E-state index in [4.69, 9.17) is 27.9 Å². The van der Waals surface area contributed by atoms with Crippen molar-refractivity contribution in [3.05, 3.63) is 28.2 Å². The molecule has 0 saturated heterocycles. The first kappa shape index (κ1) is 14.1. The average molecular weight is 280 g/mol. The summed E-state index contributed by atoms with van der Waals surface area (Å²) in [5.41, 5.74) is 0. The first-order valence-corrected chi connectivity index (χ1v) is 6.65. The Morgan fingerprint density at radius 2 is 2.19 bits per heavy atom. The molecule has 16 heavy (non-hydrogen) atoms. The molecule has 0 spiro atoms. The lowest BCUT2D eigenvalue weighted by Crippen LogP contribution is -2.32. The van der Waals surface area contributed by atoms with Gasteiger partial charge in [0.15, 0.2) is 0 Å². The molecule has 0 fully saturated rings. The number of ether oxygens (including phenoxy) is 1. The van der Waals surface area contributed by atoms with Crippen LogP contribution in [0, 0.1) is 0 Å². The Kier molecular flexibility index (Phi) is 6.54. The summed E-state index contributed by atoms with van der Waals surface area (Å²) in [5.74, 6) is 0.893. The number of halogens is 2. The minimum absolute atomic E-state index is 0.310. The summed E-state index contributed by atoms with van der Waals surface area (Å²) >= 11 is 13.7. The lowest BCUT2D eigenvalue weighted by Gasteiger charge is -2.14. The summed E-state index contributed by atoms with van der Waals surface area (Å²) in [6.07, 6.45) is 0. The van der Waals surface area contributed by atoms with Crippen LogP contribution in [0.15, 0.2) is 23.1 Å². The van der Waals surface area contributed by atoms with Crippen LogP contribution in [-0.4, -0.2) is 32.6 Å². The van der Waals surface area contributed by atoms with E-state index in [2.05, 4.69) is 5.32 Å². The molecule has 0 radical (unpaired) electrons. The van der Waals surface area contributed by atoms with Crippen molar-refractivity contribution >= 4 is 35.0 Å². The minimum Gasteiger partial charge on any atom is -0.383 e. The fraction of sp³-hybridized carbons (Fsp3) is 0.455. The molecule has 0 bridgehead atoms. The third-order valence-electron chi connectivity index (χ3n) is 2.11. The van der Waals surface area contributed by atoms with Gasteiger partial charge in [0, 0.05) is 28.8 Å². The monoisotopic (exact) mass is 279 g/mol. The van der Waals surface area contributed by atoms with Gasteiger partial charge < -0.3 is 10.1 Å². The Hall–Kier alpha value is 0.0700. The van der Waals surface area contributed by atoms with Crippen molar-refractivity contribution in [3.63, 3.8) is 0 Å². The quantitative estimate of drug-likeness (QED) is 0.808. The van der Waals surface area contributed by atoms with Crippen LogP contribution in [0.4, 0.5) is 0 Å². The molecule has 0 aromatic heterocycles. The van der Waals surface area contributed by atoms with E-state index in [1.807, 2.05) is 19.2 Å². The standard InChI is InChI=1S/C11H15Cl2NOS/c1-14-9(6-15-2)7-16-11-5-8(12)3-4-10(11)13/h3-5,9,14H,6-7H2,1-2H3. The summed E-state index contributed by atoms with van der Waals surface area (Å²) in [6, 6.07) is 5.80. The van der Waals surface area contributed by atoms with E-state index in [1.54, 1.807) is 24.9 Å². The fourth-order valence-corrected chi connectivity index (χ4v) is 2.77. The summed E-state index contributed by atoms with van der Waals surface area (Å²) in [4.78, 5) is 1.01. The minimum atomic E-state index is 0.310. The second kappa shape index (κ2) is 7.41. The highest BCUT2D eigenvalue weighted by Gasteiger charge is 2.08. The molecule has 1 aromatic rings. The van der Waals surface area contributed by atoms with E-state index in [0.29, 0.717) is 17.7 Å². The first-order chi connectivity index (χ1) is 7.67. The van der Waals surface area contributed by atoms with Crippen LogP contribution in [-0.2, 0) is 4.74 Å². The summed E-state index contributed by atoms with van der Waals surface area (Å²) in [7, 11) is 3.62. The van der Waals surface area contributed by atoms with Gasteiger partial charge in [-0.3, -0.25) is 0 Å². The molecular weight excluding hydrogens is 265 g/mol. The summed E-state index contributed by atoms with van der Waals surface area (Å²) < 4.78 is 5.10. The zero-order valence-electron chi connectivity index (χ0n) is 9.30. The molecule has 0 aliphatic rings. The predicted molar refractivity (Wildman–Crippen MR) is 71.9 cm³/mol. The molecule has 0 aliphatic heterocycles. The number of rotatable bonds is 6. The number of hydrogen-bond donors (Lipinski definition) is 1. The summed E-state index contributed by atoms with van der Waals surface area (Å²) in [5, 5.41) is 4.63. The van der Waals surface area contributed by atoms with Gasteiger partial charge in [-0.25, -0.2) is 0 Å². The normalized spacial score (nSPS) is 12.8. The summed E-state index contributed by atoms with van der Waals surface area (Å²) in [6.45, 7) is 0.682. The molecule has 0 aliphatic carbocycles. The molecule has 1 N–H and O–H groups in total. The number of hydrogen-bond acceptors (Lipinski definition) is 3. The van der Waals surface area contributed by atoms with Crippen LogP contribution in [0.3, 0.4) is 0 Å². The molecule has 1 unspecified atom stereocenters. The van der Waals surface area contributed by atoms with Crippen molar-refractivity contribution in [2.24, 2.45) is 0 Å². The van der Waals surface area contributed by atoms with E-state index in [-0.39, 0.29) is 0 Å². The number of benzene rings is 1. The van der Waals surface area contributed by atoms with Gasteiger partial charge in [-0.15, -0.1) is 11.8 Å². The highest BCUT2D eigenvalue weighted by molar-refractivity contribution is 7.99. The van der Waals surface area contributed by atoms with Crippen molar-refractivity contribution in [1.29, 1.82) is 0 Å². The lowest BCUT2D eigenvalue weighted by atomic mass is 10.4. The Labute approximate surface area is 111 Å². The highest BCUT2D eigenvalue weighted by atomic mass is 35.5. The van der Waals surface area contributed by atoms with Crippen LogP contribution in [0.2, 0.25) is 10.0 Å². The van der Waals surface area contributed by atoms with E-state index in [1.165, 1.54) is 0 Å². The maximum Gasteiger partial charge on any atom is 0.0623 e. The zero-order chi connectivity index (χ0) is 12.0. The van der Waals surface area contributed by atoms with Crippen molar-refractivity contribution in [2.45, 2.75) is 10.9 Å². The molecule has 0 saturated carbocycles. The number of thioether (sulfide) groups is 1. The Bertz CT molecular complexity index is 336. The second-order valence-corrected chi connectivity index (χ2v) is 5.23. The molecule has 1 atom stereocenters. The van der Waals surface area contributed by atoms with E-state index < -0.39 is 0 Å². The molecule has 1 aromatic carbocycles. The number of nitrogens with one attached hydrogen (secondary N) is 1. The van der Waals surface area contributed by atoms with Gasteiger partial charge >= 0.3 is 0 Å². The molecule has 5 heteroatoms. The van der Waals surface area contributed by atoms with E-state index in [0.717, 1.165) is 15.7 Å². The fourth-order valence-electron chi connectivity index (χ4n) is 1.19. The maximum atomic E-state index is 6.07. The van der Waals surface area contributed by atoms with Gasteiger partial charge in [0.05, 0.1) is 11.6 Å². The third kappa shape index (κ3) is 4.52. The Balaban J connectivity index is 2.55. The molecule has 0 heterocycles. The van der Waals surface area contributed by atoms with Crippen LogP contribution < -0.4 is 5.32 Å². The number of methoxy groups -OCH3 is 1. The Morgan fingerprint density at radius 1 is 1.44 bits per heavy atom. The van der Waals surface area contributed by atoms with Gasteiger partial charge in [-0.2, -0.15) is 0 Å². The van der Waals surface area contributed by atoms with Gasteiger partial charge in [0.2, 0.25) is 0 Å². The van der Waals surface area contributed by atoms with Crippen LogP contribution in [0.5, 0.6) is 0 Å². The van der Waals surface area contributed by atoms with Gasteiger partial charge in [0.1, 0.15) is 0 Å². The molecule has 0 amide bonds. The van der Waals surface area contributed by atoms with Crippen molar-refractivity contribution < 1.29 is 4.74 Å². The lowest BCUT2D eigenvalue weighted by molar-refractivity contribution is 0.177. The predicted octanol–water partition coefficient (Wildman–Crippen LogP) is 3.32. The molecule has 90 valence electrons. The van der Waals surface area contributed by atoms with Gasteiger partial charge in [0.25, 0.3) is 0 Å². The van der Waals surface area contributed by atoms with Crippen molar-refractivity contribution in [2.75, 3.05) is 26.5 Å². The van der Waals surface area contributed by atoms with Crippen molar-refractivity contribution in [1.82, 2.24) is 5.32 Å². The third-order valence-corrected chi connectivity index (χ3v) is 4.00. The smallest absolute Gasteiger partial charge is 0.0623 e. The molecular formula is C11H15Cl2NOS. The molecule has 1 rings (SSSR count). The van der Waals surface area contributed by atoms with E-state index in [9.17, 15) is 0 Å². The van der Waals surface area contributed by atoms with Crippen LogP contribution in [0.1, 0.15) is 0 Å². The van der Waals surface area contributed by atoms with Crippen LogP contribution in [0.25, 0.3) is 0 Å². The van der Waals surface area contributed by atoms with Crippen LogP contribution >= 0.6 is 35.0 Å². The van der Waals surface area contributed by atoms with E-state index >= 15 is 0 Å². The first-order valence-electron chi connectivity index (χ1n) is 4.91. The second-order valence-electron chi connectivity index (χ2n) is 3.33. The van der Waals surface area contributed by atoms with Crippen molar-refractivity contribution in [3.8, 4) is 0 Å². The SMILES string of the molecule is CNC(COC)CSc1cc(Cl)ccc1Cl. The largest absolute Gasteiger partial charge is 0.383 e. The zero-order valence-corrected chi connectivity index (χ0v) is 11.6. The Morgan fingerprint density at radius 3 is 2.81 bits per heavy atom. The molecule has 2 nitrogen and oxygen atoms in total.